The smallest absolute Gasteiger partial charge is 0.315 e. The number of aromatic nitrogens is 1. The number of carbonyl (C=O) groups is 1. The number of nitrogens with one attached hydrogen (secondary N) is 2. The van der Waals surface area contributed by atoms with Crippen LogP contribution in [-0.2, 0) is 4.74 Å². The molecule has 1 aliphatic carbocycles. The molecule has 2 heterocycles. The van der Waals surface area contributed by atoms with Gasteiger partial charge in [-0.05, 0) is 49.3 Å². The summed E-state index contributed by atoms with van der Waals surface area (Å²) in [6, 6.07) is 4.16. The molecule has 1 aliphatic heterocycles. The normalized spacial score (nSPS) is 24.3. The number of nitrogens with zero attached hydrogens (tertiary/aromatic N) is 1. The van der Waals surface area contributed by atoms with Gasteiger partial charge in [0.2, 0.25) is 0 Å². The summed E-state index contributed by atoms with van der Waals surface area (Å²) in [5, 5.41) is 6.16. The molecule has 3 rings (SSSR count). The largest absolute Gasteiger partial charge is 0.375 e. The molecular formula is C19H29N3O2. The zero-order valence-corrected chi connectivity index (χ0v) is 14.6. The van der Waals surface area contributed by atoms with Gasteiger partial charge in [0.1, 0.15) is 0 Å². The number of pyridine rings is 1. The Hall–Kier alpha value is -1.62. The van der Waals surface area contributed by atoms with E-state index < -0.39 is 0 Å². The van der Waals surface area contributed by atoms with Gasteiger partial charge >= 0.3 is 6.03 Å². The topological polar surface area (TPSA) is 63.2 Å². The van der Waals surface area contributed by atoms with Crippen LogP contribution < -0.4 is 10.6 Å². The van der Waals surface area contributed by atoms with Crippen LogP contribution in [0.2, 0.25) is 0 Å². The lowest BCUT2D eigenvalue weighted by Crippen LogP contribution is -2.51. The molecule has 0 bridgehead atoms. The first kappa shape index (κ1) is 17.2. The third kappa shape index (κ3) is 4.47. The van der Waals surface area contributed by atoms with Gasteiger partial charge in [-0.1, -0.05) is 26.2 Å². The van der Waals surface area contributed by atoms with Gasteiger partial charge in [0, 0.05) is 31.6 Å². The van der Waals surface area contributed by atoms with E-state index in [9.17, 15) is 4.79 Å². The van der Waals surface area contributed by atoms with E-state index in [1.807, 2.05) is 12.1 Å². The van der Waals surface area contributed by atoms with Gasteiger partial charge in [0.05, 0.1) is 5.60 Å². The summed E-state index contributed by atoms with van der Waals surface area (Å²) in [7, 11) is 0. The lowest BCUT2D eigenvalue weighted by molar-refractivity contribution is -0.107. The summed E-state index contributed by atoms with van der Waals surface area (Å²) < 4.78 is 6.10. The summed E-state index contributed by atoms with van der Waals surface area (Å²) in [6.07, 6.45) is 11.6. The van der Waals surface area contributed by atoms with Crippen molar-refractivity contribution in [3.63, 3.8) is 0 Å². The fraction of sp³-hybridized carbons (Fsp3) is 0.684. The van der Waals surface area contributed by atoms with E-state index >= 15 is 0 Å². The van der Waals surface area contributed by atoms with E-state index in [1.54, 1.807) is 12.4 Å². The predicted octanol–water partition coefficient (Wildman–Crippen LogP) is 3.37. The Morgan fingerprint density at radius 3 is 2.83 bits per heavy atom. The molecule has 2 atom stereocenters. The van der Waals surface area contributed by atoms with Crippen molar-refractivity contribution in [2.45, 2.75) is 69.4 Å². The minimum absolute atomic E-state index is 0.0266. The second-order valence-electron chi connectivity index (χ2n) is 7.32. The quantitative estimate of drug-likeness (QED) is 0.889. The van der Waals surface area contributed by atoms with E-state index in [2.05, 4.69) is 22.5 Å². The molecule has 24 heavy (non-hydrogen) atoms. The highest BCUT2D eigenvalue weighted by atomic mass is 16.5. The zero-order valence-electron chi connectivity index (χ0n) is 14.6. The monoisotopic (exact) mass is 331 g/mol. The van der Waals surface area contributed by atoms with Crippen molar-refractivity contribution in [1.82, 2.24) is 15.6 Å². The lowest BCUT2D eigenvalue weighted by Gasteiger charge is -2.43. The number of hydrogen-bond acceptors (Lipinski definition) is 3. The molecule has 2 aliphatic rings. The SMILES string of the molecule is C[C@H](CNC(=O)N[C@H]1CCOC2(CCCCC2)C1)c1ccncc1. The maximum absolute atomic E-state index is 12.2. The fourth-order valence-electron chi connectivity index (χ4n) is 3.99. The van der Waals surface area contributed by atoms with Crippen LogP contribution in [-0.4, -0.2) is 35.8 Å². The number of rotatable bonds is 4. The van der Waals surface area contributed by atoms with Crippen LogP contribution in [0.1, 0.15) is 63.4 Å². The fourth-order valence-corrected chi connectivity index (χ4v) is 3.99. The van der Waals surface area contributed by atoms with Crippen LogP contribution in [0.15, 0.2) is 24.5 Å². The van der Waals surface area contributed by atoms with Crippen LogP contribution in [0, 0.1) is 0 Å². The first-order chi connectivity index (χ1) is 11.7. The molecule has 1 spiro atoms. The number of carbonyl (C=O) groups excluding carboxylic acids is 1. The molecule has 2 N–H and O–H groups in total. The number of hydrogen-bond donors (Lipinski definition) is 2. The highest BCUT2D eigenvalue weighted by Gasteiger charge is 2.38. The summed E-state index contributed by atoms with van der Waals surface area (Å²) in [4.78, 5) is 16.3. The van der Waals surface area contributed by atoms with E-state index in [0.29, 0.717) is 6.54 Å². The van der Waals surface area contributed by atoms with Crippen molar-refractivity contribution in [1.29, 1.82) is 0 Å². The molecule has 1 aromatic rings. The molecule has 2 fully saturated rings. The Kier molecular flexibility index (Phi) is 5.72. The van der Waals surface area contributed by atoms with Gasteiger partial charge in [0.15, 0.2) is 0 Å². The second kappa shape index (κ2) is 7.97. The Morgan fingerprint density at radius 1 is 1.33 bits per heavy atom. The van der Waals surface area contributed by atoms with Crippen LogP contribution in [0.4, 0.5) is 4.79 Å². The predicted molar refractivity (Wildman–Crippen MR) is 94.0 cm³/mol. The highest BCUT2D eigenvalue weighted by Crippen LogP contribution is 2.38. The minimum Gasteiger partial charge on any atom is -0.375 e. The van der Waals surface area contributed by atoms with Crippen LogP contribution in [0.5, 0.6) is 0 Å². The molecule has 0 unspecified atom stereocenters. The zero-order chi connectivity index (χ0) is 16.8. The van der Waals surface area contributed by atoms with Gasteiger partial charge in [-0.3, -0.25) is 4.98 Å². The number of amides is 2. The molecule has 1 aromatic heterocycles. The van der Waals surface area contributed by atoms with E-state index in [4.69, 9.17) is 4.74 Å². The van der Waals surface area contributed by atoms with Crippen molar-refractivity contribution >= 4 is 6.03 Å². The Labute approximate surface area is 144 Å². The third-order valence-corrected chi connectivity index (χ3v) is 5.44. The Balaban J connectivity index is 1.44. The molecule has 0 radical (unpaired) electrons. The van der Waals surface area contributed by atoms with Crippen molar-refractivity contribution in [2.24, 2.45) is 0 Å². The van der Waals surface area contributed by atoms with Gasteiger partial charge in [-0.25, -0.2) is 4.79 Å². The molecule has 1 saturated heterocycles. The summed E-state index contributed by atoms with van der Waals surface area (Å²) in [6.45, 7) is 3.50. The maximum Gasteiger partial charge on any atom is 0.315 e. The highest BCUT2D eigenvalue weighted by molar-refractivity contribution is 5.74. The van der Waals surface area contributed by atoms with E-state index in [0.717, 1.165) is 32.3 Å². The minimum atomic E-state index is -0.0613. The second-order valence-corrected chi connectivity index (χ2v) is 7.32. The van der Waals surface area contributed by atoms with E-state index in [1.165, 1.54) is 24.8 Å². The van der Waals surface area contributed by atoms with Crippen molar-refractivity contribution in [2.75, 3.05) is 13.2 Å². The standard InChI is InChI=1S/C19H29N3O2/c1-15(16-5-10-20-11-6-16)14-21-18(23)22-17-7-12-24-19(13-17)8-3-2-4-9-19/h5-6,10-11,15,17H,2-4,7-9,12-14H2,1H3,(H2,21,22,23)/t15-,17+/m1/s1. The van der Waals surface area contributed by atoms with Crippen LogP contribution in [0.25, 0.3) is 0 Å². The number of ether oxygens (including phenoxy) is 1. The number of urea groups is 1. The average molecular weight is 331 g/mol. The van der Waals surface area contributed by atoms with Crippen LogP contribution in [0.3, 0.4) is 0 Å². The molecular weight excluding hydrogens is 302 g/mol. The van der Waals surface area contributed by atoms with Crippen molar-refractivity contribution < 1.29 is 9.53 Å². The Morgan fingerprint density at radius 2 is 2.08 bits per heavy atom. The van der Waals surface area contributed by atoms with Gasteiger partial charge < -0.3 is 15.4 Å². The summed E-state index contributed by atoms with van der Waals surface area (Å²) in [5.74, 6) is 0.276. The Bertz CT molecular complexity index is 523. The molecule has 1 saturated carbocycles. The molecule has 2 amide bonds. The molecule has 5 nitrogen and oxygen atoms in total. The van der Waals surface area contributed by atoms with Crippen molar-refractivity contribution in [3.8, 4) is 0 Å². The molecule has 5 heteroatoms. The van der Waals surface area contributed by atoms with Gasteiger partial charge in [-0.2, -0.15) is 0 Å². The maximum atomic E-state index is 12.2. The summed E-state index contributed by atoms with van der Waals surface area (Å²) >= 11 is 0. The van der Waals surface area contributed by atoms with Crippen LogP contribution >= 0.6 is 0 Å². The molecule has 132 valence electrons. The third-order valence-electron chi connectivity index (χ3n) is 5.44. The van der Waals surface area contributed by atoms with Crippen molar-refractivity contribution in [3.05, 3.63) is 30.1 Å². The van der Waals surface area contributed by atoms with Gasteiger partial charge in [0.25, 0.3) is 0 Å². The van der Waals surface area contributed by atoms with E-state index in [-0.39, 0.29) is 23.6 Å². The molecule has 0 aromatic carbocycles. The lowest BCUT2D eigenvalue weighted by atomic mass is 9.78. The summed E-state index contributed by atoms with van der Waals surface area (Å²) in [5.41, 5.74) is 1.22. The first-order valence-corrected chi connectivity index (χ1v) is 9.25. The first-order valence-electron chi connectivity index (χ1n) is 9.25. The van der Waals surface area contributed by atoms with Gasteiger partial charge in [-0.15, -0.1) is 0 Å². The average Bonchev–Trinajstić information content (AvgIpc) is 2.61.